The number of halogens is 1. The van der Waals surface area contributed by atoms with Crippen molar-refractivity contribution in [2.45, 2.75) is 6.54 Å². The number of carbonyl (C=O) groups is 1. The lowest BCUT2D eigenvalue weighted by atomic mass is 10.2. The predicted molar refractivity (Wildman–Crippen MR) is 138 cm³/mol. The van der Waals surface area contributed by atoms with Crippen LogP contribution in [0, 0.1) is 5.82 Å². The van der Waals surface area contributed by atoms with Crippen LogP contribution in [-0.2, 0) is 6.54 Å². The third kappa shape index (κ3) is 5.39. The average molecular weight is 525 g/mol. The second-order valence-electron chi connectivity index (χ2n) is 8.45. The van der Waals surface area contributed by atoms with Gasteiger partial charge in [0.1, 0.15) is 22.3 Å². The van der Waals surface area contributed by atoms with Gasteiger partial charge >= 0.3 is 6.03 Å². The number of nitrogens with zero attached hydrogens (tertiary/aromatic N) is 5. The minimum atomic E-state index is -0.333. The Labute approximate surface area is 215 Å². The Hall–Kier alpha value is -4.03. The zero-order valence-electron chi connectivity index (χ0n) is 20.3. The van der Waals surface area contributed by atoms with Crippen molar-refractivity contribution in [2.75, 3.05) is 45.7 Å². The van der Waals surface area contributed by atoms with Crippen molar-refractivity contribution in [3.8, 4) is 22.1 Å². The molecule has 0 radical (unpaired) electrons. The third-order valence-corrected chi connectivity index (χ3v) is 7.04. The quantitative estimate of drug-likeness (QED) is 0.413. The summed E-state index contributed by atoms with van der Waals surface area (Å²) < 4.78 is 25.1. The lowest BCUT2D eigenvalue weighted by molar-refractivity contribution is 0.142. The fourth-order valence-corrected chi connectivity index (χ4v) is 5.01. The normalized spacial score (nSPS) is 14.1. The van der Waals surface area contributed by atoms with Gasteiger partial charge in [0.2, 0.25) is 4.96 Å². The number of carbonyl (C=O) groups excluding carboxylic acids is 1. The summed E-state index contributed by atoms with van der Waals surface area (Å²) in [5, 5.41) is 7.83. The van der Waals surface area contributed by atoms with Gasteiger partial charge in [-0.05, 0) is 36.4 Å². The molecule has 1 saturated heterocycles. The lowest BCUT2D eigenvalue weighted by Gasteiger charge is -2.34. The van der Waals surface area contributed by atoms with E-state index in [9.17, 15) is 14.0 Å². The molecule has 3 heterocycles. The number of methoxy groups -OCH3 is 2. The number of rotatable bonds is 6. The monoisotopic (exact) mass is 524 g/mol. The molecular formula is C25H25FN6O4S. The summed E-state index contributed by atoms with van der Waals surface area (Å²) in [4.78, 5) is 34.5. The highest BCUT2D eigenvalue weighted by molar-refractivity contribution is 7.19. The van der Waals surface area contributed by atoms with Gasteiger partial charge in [-0.25, -0.2) is 14.2 Å². The van der Waals surface area contributed by atoms with Crippen LogP contribution in [0.25, 0.3) is 15.5 Å². The van der Waals surface area contributed by atoms with E-state index in [0.29, 0.717) is 65.6 Å². The molecular weight excluding hydrogens is 499 g/mol. The molecule has 12 heteroatoms. The minimum absolute atomic E-state index is 0.209. The molecule has 4 aromatic rings. The number of piperazine rings is 1. The van der Waals surface area contributed by atoms with Crippen LogP contribution in [0.4, 0.5) is 14.9 Å². The molecule has 0 unspecified atom stereocenters. The molecule has 0 atom stereocenters. The lowest BCUT2D eigenvalue weighted by Crippen LogP contribution is -2.49. The van der Waals surface area contributed by atoms with Crippen molar-refractivity contribution >= 4 is 28.0 Å². The number of benzene rings is 2. The zero-order chi connectivity index (χ0) is 25.9. The molecule has 1 aliphatic rings. The van der Waals surface area contributed by atoms with Crippen LogP contribution < -0.4 is 20.3 Å². The number of aromatic nitrogens is 3. The molecule has 1 aliphatic heterocycles. The van der Waals surface area contributed by atoms with E-state index in [1.165, 1.54) is 41.2 Å². The summed E-state index contributed by atoms with van der Waals surface area (Å²) in [7, 11) is 3.11. The number of nitrogens with one attached hydrogen (secondary N) is 1. The summed E-state index contributed by atoms with van der Waals surface area (Å²) in [6.45, 7) is 2.81. The number of hydrogen-bond donors (Lipinski definition) is 1. The first-order chi connectivity index (χ1) is 17.9. The standard InChI is InChI=1S/C25H25FN6O4S/c1-35-19-7-8-20(21(14-19)36-2)28-24(34)31-11-9-30(10-12-31)15-18-13-22(33)32-25(27-18)37-23(29-32)16-3-5-17(26)6-4-16/h3-8,13-14H,9-12,15H2,1-2H3,(H,28,34). The van der Waals surface area contributed by atoms with E-state index in [0.717, 1.165) is 5.56 Å². The fourth-order valence-electron chi connectivity index (χ4n) is 4.08. The van der Waals surface area contributed by atoms with E-state index in [4.69, 9.17) is 9.47 Å². The Kier molecular flexibility index (Phi) is 7.01. The van der Waals surface area contributed by atoms with Gasteiger partial charge in [0.25, 0.3) is 5.56 Å². The summed E-state index contributed by atoms with van der Waals surface area (Å²) >= 11 is 1.28. The maximum Gasteiger partial charge on any atom is 0.322 e. The van der Waals surface area contributed by atoms with Gasteiger partial charge in [-0.3, -0.25) is 9.69 Å². The highest BCUT2D eigenvalue weighted by atomic mass is 32.1. The second-order valence-corrected chi connectivity index (χ2v) is 9.41. The second kappa shape index (κ2) is 10.5. The summed E-state index contributed by atoms with van der Waals surface area (Å²) in [5.41, 5.74) is 1.66. The maximum atomic E-state index is 13.2. The van der Waals surface area contributed by atoms with Crippen molar-refractivity contribution in [3.05, 3.63) is 70.4 Å². The van der Waals surface area contributed by atoms with Crippen LogP contribution in [0.15, 0.2) is 53.3 Å². The van der Waals surface area contributed by atoms with Gasteiger partial charge in [-0.2, -0.15) is 9.61 Å². The van der Waals surface area contributed by atoms with Crippen LogP contribution in [0.2, 0.25) is 0 Å². The molecule has 0 spiro atoms. The Morgan fingerprint density at radius 3 is 2.51 bits per heavy atom. The van der Waals surface area contributed by atoms with E-state index < -0.39 is 0 Å². The van der Waals surface area contributed by atoms with E-state index in [-0.39, 0.29) is 17.4 Å². The van der Waals surface area contributed by atoms with Crippen molar-refractivity contribution in [2.24, 2.45) is 0 Å². The van der Waals surface area contributed by atoms with Gasteiger partial charge in [-0.1, -0.05) is 11.3 Å². The van der Waals surface area contributed by atoms with Crippen LogP contribution in [0.1, 0.15) is 5.69 Å². The van der Waals surface area contributed by atoms with Crippen LogP contribution >= 0.6 is 11.3 Å². The van der Waals surface area contributed by atoms with Crippen molar-refractivity contribution in [1.29, 1.82) is 0 Å². The molecule has 0 saturated carbocycles. The predicted octanol–water partition coefficient (Wildman–Crippen LogP) is 3.32. The number of anilines is 1. The first-order valence-electron chi connectivity index (χ1n) is 11.6. The van der Waals surface area contributed by atoms with E-state index in [1.54, 1.807) is 42.3 Å². The number of hydrogen-bond acceptors (Lipinski definition) is 8. The van der Waals surface area contributed by atoms with Gasteiger partial charge in [-0.15, -0.1) is 0 Å². The Balaban J connectivity index is 1.21. The van der Waals surface area contributed by atoms with Gasteiger partial charge < -0.3 is 19.7 Å². The molecule has 2 aromatic heterocycles. The Bertz CT molecular complexity index is 1480. The highest BCUT2D eigenvalue weighted by Crippen LogP contribution is 2.29. The maximum absolute atomic E-state index is 13.2. The van der Waals surface area contributed by atoms with Crippen LogP contribution in [-0.4, -0.2) is 70.8 Å². The molecule has 192 valence electrons. The number of ether oxygens (including phenoxy) is 2. The summed E-state index contributed by atoms with van der Waals surface area (Å²) in [5.74, 6) is 0.824. The molecule has 37 heavy (non-hydrogen) atoms. The van der Waals surface area contributed by atoms with Gasteiger partial charge in [0.05, 0.1) is 25.6 Å². The zero-order valence-corrected chi connectivity index (χ0v) is 21.1. The SMILES string of the molecule is COc1ccc(NC(=O)N2CCN(Cc3cc(=O)n4nc(-c5ccc(F)cc5)sc4n3)CC2)c(OC)c1. The number of fused-ring (bicyclic) bond motifs is 1. The molecule has 2 aromatic carbocycles. The molecule has 0 bridgehead atoms. The Morgan fingerprint density at radius 2 is 1.81 bits per heavy atom. The molecule has 1 fully saturated rings. The van der Waals surface area contributed by atoms with Crippen molar-refractivity contribution in [3.63, 3.8) is 0 Å². The molecule has 5 rings (SSSR count). The number of amides is 2. The summed E-state index contributed by atoms with van der Waals surface area (Å²) in [6, 6.07) is 12.5. The van der Waals surface area contributed by atoms with Gasteiger partial charge in [0.15, 0.2) is 0 Å². The van der Waals surface area contributed by atoms with Crippen molar-refractivity contribution < 1.29 is 18.7 Å². The fraction of sp³-hybridized carbons (Fsp3) is 0.280. The molecule has 10 nitrogen and oxygen atoms in total. The topological polar surface area (TPSA) is 101 Å². The van der Waals surface area contributed by atoms with E-state index >= 15 is 0 Å². The largest absolute Gasteiger partial charge is 0.497 e. The van der Waals surface area contributed by atoms with E-state index in [2.05, 4.69) is 20.3 Å². The van der Waals surface area contributed by atoms with Crippen LogP contribution in [0.5, 0.6) is 11.5 Å². The Morgan fingerprint density at radius 1 is 1.05 bits per heavy atom. The van der Waals surface area contributed by atoms with Gasteiger partial charge in [0, 0.05) is 50.4 Å². The average Bonchev–Trinajstić information content (AvgIpc) is 3.34. The molecule has 0 aliphatic carbocycles. The summed E-state index contributed by atoms with van der Waals surface area (Å²) in [6.07, 6.45) is 0. The third-order valence-electron chi connectivity index (χ3n) is 6.08. The van der Waals surface area contributed by atoms with Crippen molar-refractivity contribution in [1.82, 2.24) is 24.4 Å². The molecule has 1 N–H and O–H groups in total. The number of urea groups is 1. The molecule has 2 amide bonds. The smallest absolute Gasteiger partial charge is 0.322 e. The highest BCUT2D eigenvalue weighted by Gasteiger charge is 2.23. The van der Waals surface area contributed by atoms with E-state index in [1.807, 2.05) is 0 Å². The minimum Gasteiger partial charge on any atom is -0.497 e. The van der Waals surface area contributed by atoms with Crippen LogP contribution in [0.3, 0.4) is 0 Å². The first kappa shape index (κ1) is 24.7. The first-order valence-corrected chi connectivity index (χ1v) is 12.4.